The van der Waals surface area contributed by atoms with Crippen molar-refractivity contribution in [2.45, 2.75) is 38.6 Å². The molecule has 1 aromatic rings. The molecule has 152 valence electrons. The zero-order valence-electron chi connectivity index (χ0n) is 16.0. The number of carbonyl (C=O) groups excluding carboxylic acids is 2. The summed E-state index contributed by atoms with van der Waals surface area (Å²) in [5.41, 5.74) is 0.577. The van der Waals surface area contributed by atoms with E-state index in [9.17, 15) is 14.8 Å². The number of quaternary nitrogens is 1. The van der Waals surface area contributed by atoms with E-state index < -0.39 is 5.91 Å². The lowest BCUT2D eigenvalue weighted by molar-refractivity contribution is -0.796. The highest BCUT2D eigenvalue weighted by Gasteiger charge is 2.41. The van der Waals surface area contributed by atoms with Crippen LogP contribution in [0.1, 0.15) is 43.0 Å². The fourth-order valence-corrected chi connectivity index (χ4v) is 4.40. The van der Waals surface area contributed by atoms with Crippen molar-refractivity contribution in [3.05, 3.63) is 27.9 Å². The number of anilines is 1. The average molecular weight is 408 g/mol. The van der Waals surface area contributed by atoms with Gasteiger partial charge in [-0.1, -0.05) is 11.6 Å². The van der Waals surface area contributed by atoms with Crippen LogP contribution in [0.15, 0.2) is 12.1 Å². The summed E-state index contributed by atoms with van der Waals surface area (Å²) in [5, 5.41) is 15.5. The lowest BCUT2D eigenvalue weighted by Crippen LogP contribution is -3.16. The van der Waals surface area contributed by atoms with Crippen LogP contribution >= 0.6 is 11.6 Å². The number of hydrogen-bond donors (Lipinski definition) is 2. The van der Waals surface area contributed by atoms with Crippen molar-refractivity contribution in [3.63, 3.8) is 0 Å². The lowest BCUT2D eigenvalue weighted by Gasteiger charge is -2.47. The smallest absolute Gasteiger partial charge is 0.348 e. The van der Waals surface area contributed by atoms with Crippen molar-refractivity contribution in [2.24, 2.45) is 11.8 Å². The van der Waals surface area contributed by atoms with E-state index in [0.29, 0.717) is 30.5 Å². The zero-order chi connectivity index (χ0) is 19.8. The molecule has 2 atom stereocenters. The Morgan fingerprint density at radius 1 is 1.29 bits per heavy atom. The van der Waals surface area contributed by atoms with Crippen LogP contribution in [-0.4, -0.2) is 49.0 Å². The number of benzene rings is 1. The molecule has 5 rings (SSSR count). The quantitative estimate of drug-likeness (QED) is 0.701. The highest BCUT2D eigenvalue weighted by Crippen LogP contribution is 2.34. The summed E-state index contributed by atoms with van der Waals surface area (Å²) in [4.78, 5) is 26.8. The van der Waals surface area contributed by atoms with Crippen molar-refractivity contribution in [3.8, 4) is 5.75 Å². The minimum atomic E-state index is -0.541. The minimum absolute atomic E-state index is 0.196. The summed E-state index contributed by atoms with van der Waals surface area (Å²) in [5.74, 6) is 0.282. The van der Waals surface area contributed by atoms with E-state index in [1.165, 1.54) is 13.0 Å². The molecular weight excluding hydrogens is 382 g/mol. The van der Waals surface area contributed by atoms with E-state index in [4.69, 9.17) is 16.3 Å². The second-order valence-electron chi connectivity index (χ2n) is 8.20. The molecule has 3 saturated heterocycles. The Morgan fingerprint density at radius 3 is 2.57 bits per heavy atom. The summed E-state index contributed by atoms with van der Waals surface area (Å²) in [6, 6.07) is 2.76. The number of hydrogen-bond acceptors (Lipinski definition) is 5. The summed E-state index contributed by atoms with van der Waals surface area (Å²) >= 11 is 6.28. The van der Waals surface area contributed by atoms with E-state index >= 15 is 0 Å². The Hall–Kier alpha value is -1.67. The number of ether oxygens (including phenoxy) is 1. The van der Waals surface area contributed by atoms with E-state index in [1.54, 1.807) is 6.07 Å². The number of halogens is 1. The van der Waals surface area contributed by atoms with Gasteiger partial charge >= 0.3 is 5.91 Å². The van der Waals surface area contributed by atoms with Gasteiger partial charge in [-0.25, -0.2) is 4.79 Å². The third kappa shape index (κ3) is 4.17. The molecule has 1 saturated carbocycles. The number of fused-ring (bicyclic) bond motifs is 3. The van der Waals surface area contributed by atoms with Gasteiger partial charge in [0.15, 0.2) is 0 Å². The predicted molar refractivity (Wildman–Crippen MR) is 106 cm³/mol. The number of nitrogens with zero attached hydrogens (tertiary/aromatic N) is 1. The fourth-order valence-electron chi connectivity index (χ4n) is 4.19. The first kappa shape index (κ1) is 19.6. The topological polar surface area (TPSA) is 86.1 Å². The lowest BCUT2D eigenvalue weighted by atomic mass is 9.83. The van der Waals surface area contributed by atoms with Gasteiger partial charge < -0.3 is 20.3 Å². The Morgan fingerprint density at radius 2 is 2.00 bits per heavy atom. The molecule has 2 bridgehead atoms. The highest BCUT2D eigenvalue weighted by molar-refractivity contribution is 6.34. The molecule has 2 unspecified atom stereocenters. The maximum absolute atomic E-state index is 13.1. The predicted octanol–water partition coefficient (Wildman–Crippen LogP) is 1.70. The second kappa shape index (κ2) is 7.99. The first-order valence-electron chi connectivity index (χ1n) is 9.97. The minimum Gasteiger partial charge on any atom is -0.626 e. The van der Waals surface area contributed by atoms with Gasteiger partial charge in [0.05, 0.1) is 23.9 Å². The van der Waals surface area contributed by atoms with E-state index in [1.807, 2.05) is 0 Å². The molecule has 2 N–H and O–H groups in total. The van der Waals surface area contributed by atoms with E-state index in [-0.39, 0.29) is 33.5 Å². The molecule has 3 aliphatic heterocycles. The SMILES string of the molecule is CC(=O)Nc1cc(OCC2CC2)c(C(=O)[NH+]([O-])C2CN3CCC2CC3)cc1Cl. The molecule has 1 aliphatic carbocycles. The first-order chi connectivity index (χ1) is 13.4. The van der Waals surface area contributed by atoms with Gasteiger partial charge in [0.25, 0.3) is 0 Å². The first-order valence-corrected chi connectivity index (χ1v) is 10.3. The Labute approximate surface area is 169 Å². The third-order valence-electron chi connectivity index (χ3n) is 6.01. The maximum Gasteiger partial charge on any atom is 0.348 e. The molecule has 8 heteroatoms. The van der Waals surface area contributed by atoms with Gasteiger partial charge in [-0.15, -0.1) is 0 Å². The Kier molecular flexibility index (Phi) is 5.60. The Bertz CT molecular complexity index is 775. The fraction of sp³-hybridized carbons (Fsp3) is 0.600. The molecule has 4 aliphatic rings. The van der Waals surface area contributed by atoms with Crippen LogP contribution in [0.2, 0.25) is 5.02 Å². The highest BCUT2D eigenvalue weighted by atomic mass is 35.5. The molecule has 28 heavy (non-hydrogen) atoms. The molecule has 1 aromatic carbocycles. The Balaban J connectivity index is 1.59. The number of rotatable bonds is 6. The van der Waals surface area contributed by atoms with Crippen LogP contribution in [0.5, 0.6) is 5.75 Å². The van der Waals surface area contributed by atoms with E-state index in [2.05, 4.69) is 10.2 Å². The van der Waals surface area contributed by atoms with Crippen molar-refractivity contribution < 1.29 is 19.4 Å². The van der Waals surface area contributed by atoms with Crippen LogP contribution < -0.4 is 15.1 Å². The molecule has 2 amide bonds. The van der Waals surface area contributed by atoms with Crippen LogP contribution in [0, 0.1) is 17.0 Å². The van der Waals surface area contributed by atoms with Crippen LogP contribution in [0.25, 0.3) is 0 Å². The number of amides is 2. The van der Waals surface area contributed by atoms with Gasteiger partial charge in [-0.2, -0.15) is 0 Å². The maximum atomic E-state index is 13.1. The van der Waals surface area contributed by atoms with Crippen LogP contribution in [0.4, 0.5) is 5.69 Å². The van der Waals surface area contributed by atoms with Gasteiger partial charge in [-0.05, 0) is 50.8 Å². The molecule has 0 radical (unpaired) electrons. The molecule has 4 fully saturated rings. The van der Waals surface area contributed by atoms with Crippen LogP contribution in [-0.2, 0) is 4.79 Å². The second-order valence-corrected chi connectivity index (χ2v) is 8.61. The average Bonchev–Trinajstić information content (AvgIpc) is 3.52. The monoisotopic (exact) mass is 407 g/mol. The van der Waals surface area contributed by atoms with Crippen molar-refractivity contribution >= 4 is 29.1 Å². The molecule has 0 aromatic heterocycles. The van der Waals surface area contributed by atoms with Crippen molar-refractivity contribution in [2.75, 3.05) is 31.6 Å². The molecular formula is C20H26ClN3O4. The summed E-state index contributed by atoms with van der Waals surface area (Å²) < 4.78 is 5.87. The number of piperidine rings is 3. The van der Waals surface area contributed by atoms with Crippen molar-refractivity contribution in [1.82, 2.24) is 4.90 Å². The summed E-state index contributed by atoms with van der Waals surface area (Å²) in [6.07, 6.45) is 4.15. The van der Waals surface area contributed by atoms with Gasteiger partial charge in [0, 0.05) is 18.9 Å². The largest absolute Gasteiger partial charge is 0.626 e. The zero-order valence-corrected chi connectivity index (χ0v) is 16.8. The number of carbonyl (C=O) groups is 2. The molecule has 0 spiro atoms. The number of hydroxylamine groups is 2. The summed E-state index contributed by atoms with van der Waals surface area (Å²) in [6.45, 7) is 4.56. The molecule has 7 nitrogen and oxygen atoms in total. The number of nitrogens with one attached hydrogen (secondary N) is 2. The van der Waals surface area contributed by atoms with Gasteiger partial charge in [-0.3, -0.25) is 9.69 Å². The van der Waals surface area contributed by atoms with Crippen molar-refractivity contribution in [1.29, 1.82) is 0 Å². The van der Waals surface area contributed by atoms with Gasteiger partial charge in [0.2, 0.25) is 5.91 Å². The third-order valence-corrected chi connectivity index (χ3v) is 6.33. The molecule has 3 heterocycles. The summed E-state index contributed by atoms with van der Waals surface area (Å²) in [7, 11) is 0. The van der Waals surface area contributed by atoms with Gasteiger partial charge in [0.1, 0.15) is 17.4 Å². The van der Waals surface area contributed by atoms with Crippen LogP contribution in [0.3, 0.4) is 0 Å². The standard InChI is InChI=1S/C20H26ClN3O4/c1-12(25)22-17-9-19(28-11-13-2-3-13)15(8-16(17)21)20(26)24(27)18-10-23-6-4-14(18)5-7-23/h8-9,13-14,18,24H,2-7,10-11H2,1H3,(H,22,25). The normalized spacial score (nSPS) is 27.3. The van der Waals surface area contributed by atoms with E-state index in [0.717, 1.165) is 38.8 Å².